The summed E-state index contributed by atoms with van der Waals surface area (Å²) in [5.74, 6) is 2.27. The number of fused-ring (bicyclic) bond motifs is 4. The van der Waals surface area contributed by atoms with Crippen molar-refractivity contribution in [1.82, 2.24) is 9.88 Å². The SMILES string of the molecule is C=C[C@H]1CN2CC[C@H]1C[C@@H]2[C@H](S)c1ccnc2ccc(OC)cc12. The smallest absolute Gasteiger partial charge is 0.119 e. The van der Waals surface area contributed by atoms with Crippen molar-refractivity contribution < 1.29 is 4.74 Å². The molecule has 3 nitrogen and oxygen atoms in total. The van der Waals surface area contributed by atoms with E-state index in [1.54, 1.807) is 7.11 Å². The van der Waals surface area contributed by atoms with Crippen LogP contribution in [0.25, 0.3) is 10.9 Å². The summed E-state index contributed by atoms with van der Waals surface area (Å²) in [6, 6.07) is 8.68. The van der Waals surface area contributed by atoms with E-state index in [9.17, 15) is 0 Å². The van der Waals surface area contributed by atoms with E-state index in [1.165, 1.54) is 24.9 Å². The topological polar surface area (TPSA) is 25.4 Å². The van der Waals surface area contributed by atoms with E-state index in [0.717, 1.165) is 29.1 Å². The van der Waals surface area contributed by atoms with Crippen molar-refractivity contribution in [2.24, 2.45) is 11.8 Å². The first kappa shape index (κ1) is 16.0. The Bertz CT molecular complexity index is 762. The first-order chi connectivity index (χ1) is 11.7. The Hall–Kier alpha value is -1.52. The minimum Gasteiger partial charge on any atom is -0.497 e. The third-order valence-corrected chi connectivity index (χ3v) is 6.44. The highest BCUT2D eigenvalue weighted by Gasteiger charge is 2.41. The standard InChI is InChI=1S/C20H24N2OS/c1-3-13-12-22-9-7-14(13)10-19(22)20(24)16-6-8-21-18-5-4-15(23-2)11-17(16)18/h3-6,8,11,13-14,19-20,24H,1,7,9-10,12H2,2H3/t13-,14-,19+,20+/m0/s1. The quantitative estimate of drug-likeness (QED) is 0.670. The molecule has 3 aliphatic rings. The second kappa shape index (κ2) is 6.41. The van der Waals surface area contributed by atoms with Crippen molar-refractivity contribution >= 4 is 23.5 Å². The summed E-state index contributed by atoms with van der Waals surface area (Å²) in [5, 5.41) is 1.34. The van der Waals surface area contributed by atoms with E-state index in [4.69, 9.17) is 17.4 Å². The molecular weight excluding hydrogens is 316 g/mol. The zero-order valence-corrected chi connectivity index (χ0v) is 15.0. The maximum Gasteiger partial charge on any atom is 0.119 e. The molecule has 1 aromatic carbocycles. The number of nitrogens with zero attached hydrogens (tertiary/aromatic N) is 2. The number of aromatic nitrogens is 1. The summed E-state index contributed by atoms with van der Waals surface area (Å²) in [6.45, 7) is 6.33. The van der Waals surface area contributed by atoms with Crippen LogP contribution in [0, 0.1) is 11.8 Å². The van der Waals surface area contributed by atoms with Crippen molar-refractivity contribution in [3.63, 3.8) is 0 Å². The monoisotopic (exact) mass is 340 g/mol. The fraction of sp³-hybridized carbons (Fsp3) is 0.450. The molecule has 5 rings (SSSR count). The summed E-state index contributed by atoms with van der Waals surface area (Å²) in [7, 11) is 1.70. The van der Waals surface area contributed by atoms with Gasteiger partial charge in [-0.1, -0.05) is 6.08 Å². The maximum atomic E-state index is 5.41. The molecule has 0 radical (unpaired) electrons. The van der Waals surface area contributed by atoms with Gasteiger partial charge in [-0.05, 0) is 61.1 Å². The number of methoxy groups -OCH3 is 1. The van der Waals surface area contributed by atoms with Gasteiger partial charge in [-0.25, -0.2) is 0 Å². The molecule has 0 aliphatic carbocycles. The van der Waals surface area contributed by atoms with Gasteiger partial charge >= 0.3 is 0 Å². The molecule has 2 aromatic rings. The van der Waals surface area contributed by atoms with Gasteiger partial charge in [0, 0.05) is 29.4 Å². The van der Waals surface area contributed by atoms with E-state index >= 15 is 0 Å². The highest BCUT2D eigenvalue weighted by atomic mass is 32.1. The minimum absolute atomic E-state index is 0.191. The molecule has 4 heterocycles. The lowest BCUT2D eigenvalue weighted by atomic mass is 9.74. The van der Waals surface area contributed by atoms with Crippen LogP contribution in [0.4, 0.5) is 0 Å². The summed E-state index contributed by atoms with van der Waals surface area (Å²) in [4.78, 5) is 7.11. The van der Waals surface area contributed by atoms with Crippen molar-refractivity contribution in [1.29, 1.82) is 0 Å². The first-order valence-electron chi connectivity index (χ1n) is 8.68. The van der Waals surface area contributed by atoms with E-state index in [2.05, 4.69) is 34.7 Å². The number of ether oxygens (including phenoxy) is 1. The van der Waals surface area contributed by atoms with Gasteiger partial charge in [-0.2, -0.15) is 12.6 Å². The molecule has 4 heteroatoms. The van der Waals surface area contributed by atoms with Gasteiger partial charge in [0.05, 0.1) is 12.6 Å². The molecule has 126 valence electrons. The van der Waals surface area contributed by atoms with Gasteiger partial charge in [-0.15, -0.1) is 6.58 Å². The van der Waals surface area contributed by atoms with Crippen LogP contribution < -0.4 is 4.74 Å². The van der Waals surface area contributed by atoms with Crippen LogP contribution in [0.5, 0.6) is 5.75 Å². The number of benzene rings is 1. The fourth-order valence-corrected chi connectivity index (χ4v) is 4.98. The Labute approximate surface area is 149 Å². The summed E-state index contributed by atoms with van der Waals surface area (Å²) in [6.07, 6.45) is 6.54. The van der Waals surface area contributed by atoms with E-state index in [0.29, 0.717) is 12.0 Å². The number of piperidine rings is 3. The average molecular weight is 340 g/mol. The van der Waals surface area contributed by atoms with Gasteiger partial charge < -0.3 is 4.74 Å². The zero-order chi connectivity index (χ0) is 16.7. The Morgan fingerprint density at radius 3 is 3.00 bits per heavy atom. The van der Waals surface area contributed by atoms with E-state index < -0.39 is 0 Å². The second-order valence-corrected chi connectivity index (χ2v) is 7.53. The largest absolute Gasteiger partial charge is 0.497 e. The van der Waals surface area contributed by atoms with Crippen LogP contribution in [-0.2, 0) is 0 Å². The molecule has 24 heavy (non-hydrogen) atoms. The highest BCUT2D eigenvalue weighted by molar-refractivity contribution is 7.80. The van der Waals surface area contributed by atoms with Gasteiger partial charge in [0.2, 0.25) is 0 Å². The molecule has 0 spiro atoms. The lowest BCUT2D eigenvalue weighted by Gasteiger charge is -2.51. The molecule has 3 saturated heterocycles. The Morgan fingerprint density at radius 1 is 1.42 bits per heavy atom. The average Bonchev–Trinajstić information content (AvgIpc) is 2.66. The van der Waals surface area contributed by atoms with Crippen molar-refractivity contribution in [2.75, 3.05) is 20.2 Å². The van der Waals surface area contributed by atoms with Gasteiger partial charge in [0.1, 0.15) is 5.75 Å². The molecule has 3 fully saturated rings. The first-order valence-corrected chi connectivity index (χ1v) is 9.20. The van der Waals surface area contributed by atoms with Crippen molar-refractivity contribution in [3.8, 4) is 5.75 Å². The molecule has 1 aromatic heterocycles. The zero-order valence-electron chi connectivity index (χ0n) is 14.1. The number of hydrogen-bond acceptors (Lipinski definition) is 4. The normalized spacial score (nSPS) is 30.2. The fourth-order valence-electron chi connectivity index (χ4n) is 4.44. The molecule has 1 unspecified atom stereocenters. The predicted octanol–water partition coefficient (Wildman–Crippen LogP) is 4.11. The lowest BCUT2D eigenvalue weighted by Crippen LogP contribution is -2.54. The molecular formula is C20H24N2OS. The maximum absolute atomic E-state index is 5.41. The summed E-state index contributed by atoms with van der Waals surface area (Å²) < 4.78 is 5.41. The van der Waals surface area contributed by atoms with Crippen LogP contribution in [-0.4, -0.2) is 36.1 Å². The van der Waals surface area contributed by atoms with Crippen LogP contribution in [0.3, 0.4) is 0 Å². The Kier molecular flexibility index (Phi) is 4.27. The van der Waals surface area contributed by atoms with Crippen LogP contribution in [0.2, 0.25) is 0 Å². The van der Waals surface area contributed by atoms with E-state index in [-0.39, 0.29) is 5.25 Å². The predicted molar refractivity (Wildman–Crippen MR) is 102 cm³/mol. The molecule has 0 amide bonds. The van der Waals surface area contributed by atoms with Gasteiger partial charge in [0.25, 0.3) is 0 Å². The molecule has 0 saturated carbocycles. The number of hydrogen-bond donors (Lipinski definition) is 1. The van der Waals surface area contributed by atoms with Crippen LogP contribution in [0.15, 0.2) is 43.1 Å². The lowest BCUT2D eigenvalue weighted by molar-refractivity contribution is 0.0185. The minimum atomic E-state index is 0.191. The summed E-state index contributed by atoms with van der Waals surface area (Å²) >= 11 is 5.06. The van der Waals surface area contributed by atoms with Crippen molar-refractivity contribution in [2.45, 2.75) is 24.1 Å². The van der Waals surface area contributed by atoms with Crippen LogP contribution in [0.1, 0.15) is 23.7 Å². The van der Waals surface area contributed by atoms with E-state index in [1.807, 2.05) is 18.3 Å². The number of rotatable bonds is 4. The molecule has 3 aliphatic heterocycles. The molecule has 0 N–H and O–H groups in total. The second-order valence-electron chi connectivity index (χ2n) is 6.97. The number of thiol groups is 1. The van der Waals surface area contributed by atoms with Crippen LogP contribution >= 0.6 is 12.6 Å². The van der Waals surface area contributed by atoms with Gasteiger partial charge in [-0.3, -0.25) is 9.88 Å². The van der Waals surface area contributed by atoms with Crippen molar-refractivity contribution in [3.05, 3.63) is 48.7 Å². The highest BCUT2D eigenvalue weighted by Crippen LogP contribution is 2.44. The molecule has 2 bridgehead atoms. The Morgan fingerprint density at radius 2 is 2.29 bits per heavy atom. The van der Waals surface area contributed by atoms with Gasteiger partial charge in [0.15, 0.2) is 0 Å². The number of pyridine rings is 1. The third-order valence-electron chi connectivity index (χ3n) is 5.82. The Balaban J connectivity index is 1.69. The summed E-state index contributed by atoms with van der Waals surface area (Å²) in [5.41, 5.74) is 2.27. The third kappa shape index (κ3) is 2.62. The molecule has 5 atom stereocenters.